The number of hydrogen-bond donors (Lipinski definition) is 6. The third-order valence-electron chi connectivity index (χ3n) is 5.39. The van der Waals surface area contributed by atoms with Crippen molar-refractivity contribution in [3.05, 3.63) is 60.0 Å². The summed E-state index contributed by atoms with van der Waals surface area (Å²) >= 11 is 0. The summed E-state index contributed by atoms with van der Waals surface area (Å²) in [5.41, 5.74) is 1.91. The summed E-state index contributed by atoms with van der Waals surface area (Å²) in [6.07, 6.45) is 2.88. The molecule has 6 heterocycles. The fourth-order valence-corrected chi connectivity index (χ4v) is 3.67. The first-order chi connectivity index (χ1) is 18.1. The number of aromatic amines is 2. The Morgan fingerprint density at radius 2 is 1.62 bits per heavy atom. The lowest BCUT2D eigenvalue weighted by Gasteiger charge is -2.06. The number of aliphatic hydroxyl groups is 1. The molecule has 0 amide bonds. The summed E-state index contributed by atoms with van der Waals surface area (Å²) < 4.78 is 10.8. The number of aromatic nitrogens is 8. The van der Waals surface area contributed by atoms with Crippen LogP contribution in [-0.2, 0) is 19.7 Å². The van der Waals surface area contributed by atoms with E-state index in [4.69, 9.17) is 13.9 Å². The molecule has 0 saturated carbocycles. The Kier molecular flexibility index (Phi) is 5.42. The monoisotopic (exact) mass is 502 g/mol. The Morgan fingerprint density at radius 3 is 2.41 bits per heavy atom. The van der Waals surface area contributed by atoms with Crippen molar-refractivity contribution in [3.8, 4) is 11.6 Å². The summed E-state index contributed by atoms with van der Waals surface area (Å²) in [6, 6.07) is 6.42. The van der Waals surface area contributed by atoms with Crippen molar-refractivity contribution in [1.82, 2.24) is 39.9 Å². The molecule has 186 valence electrons. The van der Waals surface area contributed by atoms with E-state index in [0.29, 0.717) is 63.6 Å². The number of furan rings is 2. The SMILES string of the molecule is O=C(O)c1ccc(CNc2nc(-c3nc4ncnc(NCc5ccc(CO)o5)c4[nH]3)nc3nc[nH]c23)o1. The van der Waals surface area contributed by atoms with Gasteiger partial charge in [0.2, 0.25) is 5.76 Å². The van der Waals surface area contributed by atoms with Gasteiger partial charge in [-0.25, -0.2) is 34.7 Å². The van der Waals surface area contributed by atoms with Gasteiger partial charge in [0.15, 0.2) is 34.6 Å². The molecule has 6 aromatic rings. The van der Waals surface area contributed by atoms with E-state index >= 15 is 0 Å². The number of rotatable bonds is 9. The van der Waals surface area contributed by atoms with Crippen LogP contribution in [-0.4, -0.2) is 56.1 Å². The normalized spacial score (nSPS) is 11.4. The minimum absolute atomic E-state index is 0.152. The average molecular weight is 502 g/mol. The van der Waals surface area contributed by atoms with Crippen LogP contribution in [0.3, 0.4) is 0 Å². The first-order valence-corrected chi connectivity index (χ1v) is 11.0. The van der Waals surface area contributed by atoms with Crippen molar-refractivity contribution >= 4 is 39.9 Å². The van der Waals surface area contributed by atoms with Crippen molar-refractivity contribution in [2.24, 2.45) is 0 Å². The fourth-order valence-electron chi connectivity index (χ4n) is 3.67. The van der Waals surface area contributed by atoms with Gasteiger partial charge in [-0.3, -0.25) is 0 Å². The summed E-state index contributed by atoms with van der Waals surface area (Å²) in [6.45, 7) is 0.340. The van der Waals surface area contributed by atoms with Gasteiger partial charge in [-0.05, 0) is 24.3 Å². The van der Waals surface area contributed by atoms with Crippen LogP contribution < -0.4 is 10.6 Å². The second-order valence-corrected chi connectivity index (χ2v) is 7.81. The molecule has 0 bridgehead atoms. The molecule has 6 aromatic heterocycles. The Morgan fingerprint density at radius 1 is 0.865 bits per heavy atom. The molecule has 0 radical (unpaired) electrons. The molecule has 0 fully saturated rings. The highest BCUT2D eigenvalue weighted by molar-refractivity contribution is 5.87. The van der Waals surface area contributed by atoms with Gasteiger partial charge in [-0.2, -0.15) is 0 Å². The van der Waals surface area contributed by atoms with Crippen molar-refractivity contribution in [1.29, 1.82) is 0 Å². The molecule has 6 N–H and O–H groups in total. The molecule has 0 aliphatic heterocycles. The number of imidazole rings is 2. The van der Waals surface area contributed by atoms with Crippen LogP contribution in [0.2, 0.25) is 0 Å². The number of fused-ring (bicyclic) bond motifs is 2. The zero-order valence-corrected chi connectivity index (χ0v) is 18.9. The molecular formula is C22H18N10O5. The lowest BCUT2D eigenvalue weighted by Crippen LogP contribution is -2.04. The predicted molar refractivity (Wildman–Crippen MR) is 127 cm³/mol. The van der Waals surface area contributed by atoms with E-state index in [2.05, 4.69) is 50.5 Å². The highest BCUT2D eigenvalue weighted by Gasteiger charge is 2.17. The maximum absolute atomic E-state index is 11.1. The van der Waals surface area contributed by atoms with Crippen LogP contribution in [0.4, 0.5) is 11.6 Å². The molecule has 0 saturated heterocycles. The number of nitrogens with zero attached hydrogens (tertiary/aromatic N) is 6. The molecule has 0 aliphatic rings. The largest absolute Gasteiger partial charge is 0.475 e. The third kappa shape index (κ3) is 4.30. The van der Waals surface area contributed by atoms with E-state index in [0.717, 1.165) is 0 Å². The van der Waals surface area contributed by atoms with E-state index in [1.54, 1.807) is 18.2 Å². The van der Waals surface area contributed by atoms with E-state index in [1.807, 2.05) is 0 Å². The summed E-state index contributed by atoms with van der Waals surface area (Å²) in [5.74, 6) is 1.75. The van der Waals surface area contributed by atoms with Gasteiger partial charge in [0.05, 0.1) is 19.4 Å². The Bertz CT molecular complexity index is 1730. The predicted octanol–water partition coefficient (Wildman–Crippen LogP) is 2.29. The maximum Gasteiger partial charge on any atom is 0.371 e. The second kappa shape index (κ2) is 9.04. The van der Waals surface area contributed by atoms with Crippen molar-refractivity contribution in [3.63, 3.8) is 0 Å². The Balaban J connectivity index is 1.29. The van der Waals surface area contributed by atoms with E-state index in [1.165, 1.54) is 18.7 Å². The lowest BCUT2D eigenvalue weighted by atomic mass is 10.4. The van der Waals surface area contributed by atoms with Gasteiger partial charge in [0.1, 0.15) is 41.2 Å². The Hall–Kier alpha value is -5.31. The molecular weight excluding hydrogens is 484 g/mol. The van der Waals surface area contributed by atoms with Crippen LogP contribution in [0, 0.1) is 0 Å². The van der Waals surface area contributed by atoms with Crippen LogP contribution in [0.1, 0.15) is 27.8 Å². The number of aromatic carboxylic acids is 1. The number of carboxylic acid groups (broad SMARTS) is 1. The average Bonchev–Trinajstić information content (AvgIpc) is 3.71. The molecule has 15 heteroatoms. The minimum Gasteiger partial charge on any atom is -0.475 e. The molecule has 15 nitrogen and oxygen atoms in total. The van der Waals surface area contributed by atoms with E-state index < -0.39 is 5.97 Å². The first kappa shape index (κ1) is 22.2. The molecule has 0 aliphatic carbocycles. The van der Waals surface area contributed by atoms with Gasteiger partial charge in [0.25, 0.3) is 0 Å². The van der Waals surface area contributed by atoms with Gasteiger partial charge in [-0.15, -0.1) is 0 Å². The molecule has 6 rings (SSSR count). The summed E-state index contributed by atoms with van der Waals surface area (Å²) in [4.78, 5) is 43.5. The second-order valence-electron chi connectivity index (χ2n) is 7.81. The van der Waals surface area contributed by atoms with Crippen LogP contribution in [0.15, 0.2) is 45.8 Å². The third-order valence-corrected chi connectivity index (χ3v) is 5.39. The highest BCUT2D eigenvalue weighted by atomic mass is 16.4. The van der Waals surface area contributed by atoms with Crippen molar-refractivity contribution in [2.75, 3.05) is 10.6 Å². The summed E-state index contributed by atoms with van der Waals surface area (Å²) in [5, 5.41) is 24.5. The summed E-state index contributed by atoms with van der Waals surface area (Å²) in [7, 11) is 0. The molecule has 0 unspecified atom stereocenters. The lowest BCUT2D eigenvalue weighted by molar-refractivity contribution is 0.0660. The Labute approximate surface area is 206 Å². The van der Waals surface area contributed by atoms with Crippen LogP contribution >= 0.6 is 0 Å². The fraction of sp³-hybridized carbons (Fsp3) is 0.136. The quantitative estimate of drug-likeness (QED) is 0.167. The number of carbonyl (C=O) groups is 1. The van der Waals surface area contributed by atoms with Crippen molar-refractivity contribution < 1.29 is 23.8 Å². The van der Waals surface area contributed by atoms with E-state index in [-0.39, 0.29) is 24.7 Å². The topological polar surface area (TPSA) is 217 Å². The number of H-pyrrole nitrogens is 2. The van der Waals surface area contributed by atoms with Gasteiger partial charge >= 0.3 is 5.97 Å². The van der Waals surface area contributed by atoms with Gasteiger partial charge in [0, 0.05) is 0 Å². The standard InChI is InChI=1S/C22H18N10O5/c33-7-12-2-1-10(36-12)5-23-16-15-19(28-9-26-16)32-20(29-15)21-30-17(14-18(31-21)27-8-25-14)24-6-11-3-4-13(37-11)22(34)35/h1-4,8-9,33H,5-7H2,(H,34,35)(H2,23,26,28,29,32)(H2,24,25,27,30,31). The van der Waals surface area contributed by atoms with Crippen LogP contribution in [0.5, 0.6) is 0 Å². The smallest absolute Gasteiger partial charge is 0.371 e. The first-order valence-electron chi connectivity index (χ1n) is 11.0. The van der Waals surface area contributed by atoms with Gasteiger partial charge in [-0.1, -0.05) is 0 Å². The molecule has 0 spiro atoms. The van der Waals surface area contributed by atoms with Crippen molar-refractivity contribution in [2.45, 2.75) is 19.7 Å². The molecule has 37 heavy (non-hydrogen) atoms. The highest BCUT2D eigenvalue weighted by Crippen LogP contribution is 2.25. The number of carboxylic acids is 1. The number of nitrogens with one attached hydrogen (secondary N) is 4. The number of hydrogen-bond acceptors (Lipinski definition) is 12. The molecule has 0 atom stereocenters. The van der Waals surface area contributed by atoms with Crippen LogP contribution in [0.25, 0.3) is 34.0 Å². The number of aliphatic hydroxyl groups excluding tert-OH is 1. The van der Waals surface area contributed by atoms with E-state index in [9.17, 15) is 9.90 Å². The number of anilines is 2. The minimum atomic E-state index is -1.15. The molecule has 0 aromatic carbocycles. The zero-order chi connectivity index (χ0) is 25.4. The maximum atomic E-state index is 11.1. The van der Waals surface area contributed by atoms with Gasteiger partial charge < -0.3 is 39.6 Å². The zero-order valence-electron chi connectivity index (χ0n) is 18.9.